The molecule has 0 bridgehead atoms. The fourth-order valence-electron chi connectivity index (χ4n) is 3.32. The molecule has 1 heterocycles. The van der Waals surface area contributed by atoms with Crippen molar-refractivity contribution in [3.8, 4) is 0 Å². The number of benzene rings is 1. The van der Waals surface area contributed by atoms with Crippen molar-refractivity contribution in [2.45, 2.75) is 39.5 Å². The molecule has 21 heavy (non-hydrogen) atoms. The second-order valence-electron chi connectivity index (χ2n) is 5.84. The number of amides is 1. The molecule has 1 amide bonds. The van der Waals surface area contributed by atoms with E-state index in [2.05, 4.69) is 12.2 Å². The molecular formula is C17H25FN2O. The summed E-state index contributed by atoms with van der Waals surface area (Å²) in [7, 11) is 0. The number of hydrogen-bond acceptors (Lipinski definition) is 2. The van der Waals surface area contributed by atoms with Crippen LogP contribution in [-0.2, 0) is 4.79 Å². The zero-order valence-corrected chi connectivity index (χ0v) is 13.0. The maximum absolute atomic E-state index is 13.5. The second-order valence-corrected chi connectivity index (χ2v) is 5.84. The third-order valence-corrected chi connectivity index (χ3v) is 4.34. The topological polar surface area (TPSA) is 32.3 Å². The molecule has 1 aromatic carbocycles. The van der Waals surface area contributed by atoms with Crippen LogP contribution in [0.3, 0.4) is 0 Å². The van der Waals surface area contributed by atoms with Crippen molar-refractivity contribution >= 4 is 11.6 Å². The molecule has 4 heteroatoms. The number of halogens is 1. The van der Waals surface area contributed by atoms with Crippen molar-refractivity contribution in [3.63, 3.8) is 0 Å². The Labute approximate surface area is 126 Å². The Morgan fingerprint density at radius 2 is 2.24 bits per heavy atom. The Kier molecular flexibility index (Phi) is 5.34. The molecule has 0 saturated carbocycles. The predicted molar refractivity (Wildman–Crippen MR) is 83.9 cm³/mol. The second kappa shape index (κ2) is 7.03. The minimum absolute atomic E-state index is 0.129. The molecule has 2 rings (SSSR count). The average molecular weight is 292 g/mol. The van der Waals surface area contributed by atoms with Gasteiger partial charge in [-0.05, 0) is 50.9 Å². The highest BCUT2D eigenvalue weighted by Crippen LogP contribution is 2.35. The van der Waals surface area contributed by atoms with Crippen LogP contribution >= 0.6 is 0 Å². The molecule has 0 aromatic heterocycles. The zero-order valence-electron chi connectivity index (χ0n) is 13.0. The largest absolute Gasteiger partial charge is 0.316 e. The first-order valence-corrected chi connectivity index (χ1v) is 7.91. The molecule has 1 fully saturated rings. The van der Waals surface area contributed by atoms with Crippen LogP contribution in [0.15, 0.2) is 24.3 Å². The van der Waals surface area contributed by atoms with Crippen molar-refractivity contribution in [1.82, 2.24) is 5.32 Å². The van der Waals surface area contributed by atoms with Crippen LogP contribution in [0.4, 0.5) is 10.1 Å². The number of anilines is 1. The number of rotatable bonds is 5. The lowest BCUT2D eigenvalue weighted by Crippen LogP contribution is -2.52. The smallest absolute Gasteiger partial charge is 0.234 e. The van der Waals surface area contributed by atoms with Crippen molar-refractivity contribution in [2.75, 3.05) is 24.5 Å². The van der Waals surface area contributed by atoms with Crippen LogP contribution in [0.5, 0.6) is 0 Å². The monoisotopic (exact) mass is 292 g/mol. The van der Waals surface area contributed by atoms with Crippen LogP contribution in [0.25, 0.3) is 0 Å². The maximum atomic E-state index is 13.5. The first-order chi connectivity index (χ1) is 10.1. The minimum Gasteiger partial charge on any atom is -0.316 e. The lowest BCUT2D eigenvalue weighted by Gasteiger charge is -2.40. The number of nitrogens with zero attached hydrogens (tertiary/aromatic N) is 1. The van der Waals surface area contributed by atoms with Gasteiger partial charge in [0.05, 0.1) is 5.41 Å². The van der Waals surface area contributed by atoms with Gasteiger partial charge in [0.2, 0.25) is 5.91 Å². The lowest BCUT2D eigenvalue weighted by molar-refractivity contribution is -0.129. The molecule has 1 aliphatic rings. The van der Waals surface area contributed by atoms with Crippen LogP contribution < -0.4 is 10.2 Å². The molecule has 0 spiro atoms. The number of carbonyl (C=O) groups is 1. The predicted octanol–water partition coefficient (Wildman–Crippen LogP) is 3.35. The molecule has 1 N–H and O–H groups in total. The van der Waals surface area contributed by atoms with E-state index in [9.17, 15) is 9.18 Å². The summed E-state index contributed by atoms with van der Waals surface area (Å²) < 4.78 is 13.5. The van der Waals surface area contributed by atoms with E-state index in [1.54, 1.807) is 17.0 Å². The highest BCUT2D eigenvalue weighted by atomic mass is 19.1. The molecule has 1 saturated heterocycles. The number of carbonyl (C=O) groups excluding carboxylic acids is 1. The summed E-state index contributed by atoms with van der Waals surface area (Å²) in [6.45, 7) is 6.32. The SMILES string of the molecule is CCCC1(C(=O)N(CC)c2cccc(F)c2)CCCNC1. The summed E-state index contributed by atoms with van der Waals surface area (Å²) in [6, 6.07) is 6.32. The van der Waals surface area contributed by atoms with E-state index in [1.807, 2.05) is 6.92 Å². The summed E-state index contributed by atoms with van der Waals surface area (Å²) in [6.07, 6.45) is 3.80. The summed E-state index contributed by atoms with van der Waals surface area (Å²) in [5.74, 6) is -0.172. The molecule has 1 unspecified atom stereocenters. The maximum Gasteiger partial charge on any atom is 0.234 e. The average Bonchev–Trinajstić information content (AvgIpc) is 2.49. The summed E-state index contributed by atoms with van der Waals surface area (Å²) in [5, 5.41) is 3.36. The van der Waals surface area contributed by atoms with E-state index < -0.39 is 0 Å². The van der Waals surface area contributed by atoms with Crippen molar-refractivity contribution in [2.24, 2.45) is 5.41 Å². The molecular weight excluding hydrogens is 267 g/mol. The molecule has 3 nitrogen and oxygen atoms in total. The molecule has 1 aromatic rings. The minimum atomic E-state index is -0.338. The Morgan fingerprint density at radius 1 is 1.43 bits per heavy atom. The molecule has 116 valence electrons. The van der Waals surface area contributed by atoms with E-state index >= 15 is 0 Å². The van der Waals surface area contributed by atoms with Gasteiger partial charge in [-0.15, -0.1) is 0 Å². The number of piperidine rings is 1. The number of nitrogens with one attached hydrogen (secondary N) is 1. The Hall–Kier alpha value is -1.42. The van der Waals surface area contributed by atoms with Gasteiger partial charge in [0.15, 0.2) is 0 Å². The standard InChI is InChI=1S/C17H25FN2O/c1-3-9-17(10-6-11-19-13-17)16(21)20(4-2)15-8-5-7-14(18)12-15/h5,7-8,12,19H,3-4,6,9-11,13H2,1-2H3. The van der Waals surface area contributed by atoms with Gasteiger partial charge in [0, 0.05) is 18.8 Å². The van der Waals surface area contributed by atoms with E-state index in [0.29, 0.717) is 12.2 Å². The molecule has 0 aliphatic carbocycles. The van der Waals surface area contributed by atoms with Gasteiger partial charge in [0.1, 0.15) is 5.82 Å². The van der Waals surface area contributed by atoms with E-state index in [4.69, 9.17) is 0 Å². The first kappa shape index (κ1) is 16.0. The van der Waals surface area contributed by atoms with Gasteiger partial charge in [-0.1, -0.05) is 19.4 Å². The van der Waals surface area contributed by atoms with Crippen LogP contribution in [0, 0.1) is 11.2 Å². The quantitative estimate of drug-likeness (QED) is 0.902. The normalized spacial score (nSPS) is 22.0. The van der Waals surface area contributed by atoms with E-state index in [-0.39, 0.29) is 17.1 Å². The van der Waals surface area contributed by atoms with Crippen molar-refractivity contribution < 1.29 is 9.18 Å². The van der Waals surface area contributed by atoms with Crippen LogP contribution in [-0.4, -0.2) is 25.5 Å². The van der Waals surface area contributed by atoms with Crippen molar-refractivity contribution in [1.29, 1.82) is 0 Å². The number of hydrogen-bond donors (Lipinski definition) is 1. The molecule has 0 radical (unpaired) electrons. The lowest BCUT2D eigenvalue weighted by atomic mass is 9.75. The van der Waals surface area contributed by atoms with Gasteiger partial charge in [-0.3, -0.25) is 4.79 Å². The Bertz CT molecular complexity index is 478. The van der Waals surface area contributed by atoms with Gasteiger partial charge in [-0.2, -0.15) is 0 Å². The Balaban J connectivity index is 2.29. The Morgan fingerprint density at radius 3 is 2.81 bits per heavy atom. The highest BCUT2D eigenvalue weighted by Gasteiger charge is 2.41. The van der Waals surface area contributed by atoms with Gasteiger partial charge < -0.3 is 10.2 Å². The zero-order chi connectivity index (χ0) is 15.3. The van der Waals surface area contributed by atoms with Crippen molar-refractivity contribution in [3.05, 3.63) is 30.1 Å². The molecule has 1 atom stereocenters. The van der Waals surface area contributed by atoms with E-state index in [1.165, 1.54) is 12.1 Å². The third-order valence-electron chi connectivity index (χ3n) is 4.34. The van der Waals surface area contributed by atoms with Gasteiger partial charge in [-0.25, -0.2) is 4.39 Å². The molecule has 1 aliphatic heterocycles. The highest BCUT2D eigenvalue weighted by molar-refractivity contribution is 5.97. The van der Waals surface area contributed by atoms with Crippen LogP contribution in [0.1, 0.15) is 39.5 Å². The fourth-order valence-corrected chi connectivity index (χ4v) is 3.32. The third kappa shape index (κ3) is 3.43. The summed E-state index contributed by atoms with van der Waals surface area (Å²) in [5.41, 5.74) is 0.318. The summed E-state index contributed by atoms with van der Waals surface area (Å²) in [4.78, 5) is 14.8. The fraction of sp³-hybridized carbons (Fsp3) is 0.588. The summed E-state index contributed by atoms with van der Waals surface area (Å²) >= 11 is 0. The first-order valence-electron chi connectivity index (χ1n) is 7.91. The van der Waals surface area contributed by atoms with Crippen LogP contribution in [0.2, 0.25) is 0 Å². The van der Waals surface area contributed by atoms with Gasteiger partial charge in [0.25, 0.3) is 0 Å². The van der Waals surface area contributed by atoms with E-state index in [0.717, 1.165) is 38.8 Å². The van der Waals surface area contributed by atoms with Gasteiger partial charge >= 0.3 is 0 Å².